The SMILES string of the molecule is [2H]c1ccc(-c2cc3c4cc5ccccc5cc4n4c3c(c2)n2c3ccccc3nc24)cc1. The molecule has 0 N–H and O–H groups in total. The van der Waals surface area contributed by atoms with E-state index < -0.39 is 0 Å². The third-order valence-electron chi connectivity index (χ3n) is 6.74. The van der Waals surface area contributed by atoms with Crippen LogP contribution in [0.15, 0.2) is 103 Å². The Morgan fingerprint density at radius 3 is 2.25 bits per heavy atom. The van der Waals surface area contributed by atoms with Gasteiger partial charge in [-0.05, 0) is 58.3 Å². The Morgan fingerprint density at radius 1 is 0.594 bits per heavy atom. The number of rotatable bonds is 1. The number of aromatic nitrogens is 3. The molecule has 0 saturated carbocycles. The molecule has 0 atom stereocenters. The Hall–Kier alpha value is -4.37. The molecule has 0 amide bonds. The molecule has 0 aliphatic carbocycles. The zero-order valence-electron chi connectivity index (χ0n) is 18.1. The lowest BCUT2D eigenvalue weighted by atomic mass is 10.0. The van der Waals surface area contributed by atoms with Gasteiger partial charge in [0, 0.05) is 10.8 Å². The van der Waals surface area contributed by atoms with Crippen LogP contribution in [0.3, 0.4) is 0 Å². The van der Waals surface area contributed by atoms with E-state index in [-0.39, 0.29) is 0 Å². The van der Waals surface area contributed by atoms with E-state index in [1.54, 1.807) is 0 Å². The molecule has 0 fully saturated rings. The molecule has 0 unspecified atom stereocenters. The van der Waals surface area contributed by atoms with Crippen LogP contribution in [0.25, 0.3) is 66.0 Å². The van der Waals surface area contributed by atoms with Crippen LogP contribution in [0.1, 0.15) is 1.37 Å². The quantitative estimate of drug-likeness (QED) is 0.279. The van der Waals surface area contributed by atoms with Crippen molar-refractivity contribution in [3.8, 4) is 11.1 Å². The van der Waals surface area contributed by atoms with Crippen LogP contribution in [0, 0.1) is 0 Å². The lowest BCUT2D eigenvalue weighted by Crippen LogP contribution is -1.85. The van der Waals surface area contributed by atoms with E-state index >= 15 is 0 Å². The average Bonchev–Trinajstić information content (AvgIpc) is 3.48. The van der Waals surface area contributed by atoms with E-state index in [1.807, 2.05) is 30.3 Å². The van der Waals surface area contributed by atoms with E-state index in [0.717, 1.165) is 33.5 Å². The molecule has 3 heterocycles. The summed E-state index contributed by atoms with van der Waals surface area (Å²) in [4.78, 5) is 5.05. The minimum absolute atomic E-state index is 0.523. The molecule has 0 aliphatic rings. The molecule has 148 valence electrons. The maximum absolute atomic E-state index is 7.88. The number of nitrogens with zero attached hydrogens (tertiary/aromatic N) is 3. The summed E-state index contributed by atoms with van der Waals surface area (Å²) >= 11 is 0. The molecule has 5 aromatic carbocycles. The molecular weight excluding hydrogens is 390 g/mol. The van der Waals surface area contributed by atoms with Gasteiger partial charge >= 0.3 is 0 Å². The van der Waals surface area contributed by atoms with Gasteiger partial charge in [-0.2, -0.15) is 0 Å². The molecule has 0 radical (unpaired) electrons. The first-order chi connectivity index (χ1) is 16.3. The Bertz CT molecular complexity index is 2030. The predicted molar refractivity (Wildman–Crippen MR) is 133 cm³/mol. The van der Waals surface area contributed by atoms with Gasteiger partial charge in [-0.15, -0.1) is 0 Å². The van der Waals surface area contributed by atoms with Crippen LogP contribution in [0.4, 0.5) is 0 Å². The fourth-order valence-electron chi connectivity index (χ4n) is 5.33. The topological polar surface area (TPSA) is 21.7 Å². The van der Waals surface area contributed by atoms with Crippen molar-refractivity contribution in [2.24, 2.45) is 0 Å². The first kappa shape index (κ1) is 15.4. The van der Waals surface area contributed by atoms with Gasteiger partial charge in [0.25, 0.3) is 0 Å². The van der Waals surface area contributed by atoms with E-state index in [4.69, 9.17) is 6.35 Å². The summed E-state index contributed by atoms with van der Waals surface area (Å²) in [6.07, 6.45) is 0. The third kappa shape index (κ3) is 1.94. The van der Waals surface area contributed by atoms with Crippen molar-refractivity contribution >= 4 is 54.9 Å². The number of hydrogen-bond donors (Lipinski definition) is 0. The van der Waals surface area contributed by atoms with Crippen LogP contribution in [-0.2, 0) is 0 Å². The number of fused-ring (bicyclic) bond motifs is 9. The Balaban J connectivity index is 1.65. The van der Waals surface area contributed by atoms with Gasteiger partial charge in [0.15, 0.2) is 0 Å². The second-order valence-corrected chi connectivity index (χ2v) is 8.47. The van der Waals surface area contributed by atoms with Crippen molar-refractivity contribution in [2.75, 3.05) is 0 Å². The second kappa shape index (κ2) is 5.65. The van der Waals surface area contributed by atoms with Crippen LogP contribution in [0.2, 0.25) is 0 Å². The van der Waals surface area contributed by atoms with Crippen LogP contribution < -0.4 is 0 Å². The monoisotopic (exact) mass is 408 g/mol. The molecule has 3 nitrogen and oxygen atoms in total. The fourth-order valence-corrected chi connectivity index (χ4v) is 5.33. The van der Waals surface area contributed by atoms with Crippen LogP contribution in [0.5, 0.6) is 0 Å². The summed E-state index contributed by atoms with van der Waals surface area (Å²) in [5.41, 5.74) is 7.91. The third-order valence-corrected chi connectivity index (χ3v) is 6.74. The zero-order chi connectivity index (χ0) is 21.7. The highest BCUT2D eigenvalue weighted by molar-refractivity contribution is 6.19. The summed E-state index contributed by atoms with van der Waals surface area (Å²) in [6.45, 7) is 0. The predicted octanol–water partition coefficient (Wildman–Crippen LogP) is 7.30. The summed E-state index contributed by atoms with van der Waals surface area (Å²) in [5.74, 6) is 0.945. The fraction of sp³-hybridized carbons (Fsp3) is 0. The Labute approximate surface area is 184 Å². The van der Waals surface area contributed by atoms with Crippen molar-refractivity contribution in [1.29, 1.82) is 0 Å². The molecule has 3 aromatic heterocycles. The van der Waals surface area contributed by atoms with Gasteiger partial charge in [-0.3, -0.25) is 8.80 Å². The minimum atomic E-state index is 0.523. The molecule has 0 spiro atoms. The highest BCUT2D eigenvalue weighted by Crippen LogP contribution is 2.40. The number of para-hydroxylation sites is 2. The smallest absolute Gasteiger partial charge is 0.220 e. The molecular formula is C29H17N3. The first-order valence-corrected chi connectivity index (χ1v) is 10.8. The van der Waals surface area contributed by atoms with E-state index in [1.165, 1.54) is 32.6 Å². The molecule has 8 rings (SSSR count). The maximum atomic E-state index is 7.88. The van der Waals surface area contributed by atoms with Crippen molar-refractivity contribution in [2.45, 2.75) is 0 Å². The van der Waals surface area contributed by atoms with E-state index in [0.29, 0.717) is 6.04 Å². The number of benzene rings is 5. The van der Waals surface area contributed by atoms with Crippen molar-refractivity contribution in [3.63, 3.8) is 0 Å². The van der Waals surface area contributed by atoms with E-state index in [2.05, 4.69) is 75.5 Å². The molecule has 3 heteroatoms. The van der Waals surface area contributed by atoms with Gasteiger partial charge in [-0.1, -0.05) is 66.7 Å². The lowest BCUT2D eigenvalue weighted by Gasteiger charge is -2.04. The number of hydrogen-bond acceptors (Lipinski definition) is 1. The largest absolute Gasteiger partial charge is 0.277 e. The minimum Gasteiger partial charge on any atom is -0.277 e. The normalized spacial score (nSPS) is 12.8. The van der Waals surface area contributed by atoms with Gasteiger partial charge in [0.2, 0.25) is 5.78 Å². The summed E-state index contributed by atoms with van der Waals surface area (Å²) in [5, 5.41) is 4.94. The van der Waals surface area contributed by atoms with Gasteiger partial charge in [-0.25, -0.2) is 4.98 Å². The van der Waals surface area contributed by atoms with Crippen molar-refractivity contribution in [3.05, 3.63) is 103 Å². The second-order valence-electron chi connectivity index (χ2n) is 8.47. The molecule has 0 aliphatic heterocycles. The number of imidazole rings is 2. The Morgan fingerprint density at radius 2 is 1.38 bits per heavy atom. The van der Waals surface area contributed by atoms with Gasteiger partial charge in [0.1, 0.15) is 0 Å². The van der Waals surface area contributed by atoms with Crippen LogP contribution in [-0.4, -0.2) is 13.8 Å². The highest BCUT2D eigenvalue weighted by atomic mass is 15.2. The molecule has 0 saturated heterocycles. The van der Waals surface area contributed by atoms with Crippen LogP contribution >= 0.6 is 0 Å². The standard InChI is InChI=1S/C29H17N3/c1-2-8-18(9-3-1)21-15-23-22-14-19-10-4-5-11-20(19)16-26(22)32-28(23)27(17-21)31-25-13-7-6-12-24(25)30-29(31)32/h1-17H/i1D. The van der Waals surface area contributed by atoms with Gasteiger partial charge < -0.3 is 0 Å². The van der Waals surface area contributed by atoms with Crippen molar-refractivity contribution in [1.82, 2.24) is 13.8 Å². The van der Waals surface area contributed by atoms with E-state index in [9.17, 15) is 0 Å². The molecule has 32 heavy (non-hydrogen) atoms. The molecule has 0 bridgehead atoms. The Kier molecular flexibility index (Phi) is 2.73. The summed E-state index contributed by atoms with van der Waals surface area (Å²) in [6, 6.07) is 34.3. The first-order valence-electron chi connectivity index (χ1n) is 11.3. The maximum Gasteiger partial charge on any atom is 0.220 e. The lowest BCUT2D eigenvalue weighted by molar-refractivity contribution is 1.22. The van der Waals surface area contributed by atoms with Crippen molar-refractivity contribution < 1.29 is 1.37 Å². The summed E-state index contributed by atoms with van der Waals surface area (Å²) < 4.78 is 12.5. The molecule has 8 aromatic rings. The van der Waals surface area contributed by atoms with Gasteiger partial charge in [0.05, 0.1) is 29.0 Å². The zero-order valence-corrected chi connectivity index (χ0v) is 17.1. The average molecular weight is 408 g/mol. The highest BCUT2D eigenvalue weighted by Gasteiger charge is 2.22. The summed E-state index contributed by atoms with van der Waals surface area (Å²) in [7, 11) is 0.